The molecule has 2 N–H and O–H groups in total. The summed E-state index contributed by atoms with van der Waals surface area (Å²) < 4.78 is 4.99. The molecule has 1 atom stereocenters. The molecule has 0 unspecified atom stereocenters. The Kier molecular flexibility index (Phi) is 5.48. The first-order valence-electron chi connectivity index (χ1n) is 6.14. The molecule has 0 aliphatic carbocycles. The number of hydrogen-bond donors (Lipinski definition) is 2. The molecule has 116 valence electrons. The molecule has 0 aromatic heterocycles. The monoisotopic (exact) mass is 333 g/mol. The Balaban J connectivity index is 3.07. The Hall–Kier alpha value is -1.46. The summed E-state index contributed by atoms with van der Waals surface area (Å²) in [5, 5.41) is 12.0. The van der Waals surface area contributed by atoms with E-state index in [9.17, 15) is 14.7 Å². The number of nitrogens with one attached hydrogen (secondary N) is 1. The first kappa shape index (κ1) is 17.6. The molecule has 0 radical (unpaired) electrons. The van der Waals surface area contributed by atoms with Crippen molar-refractivity contribution < 1.29 is 19.4 Å². The summed E-state index contributed by atoms with van der Waals surface area (Å²) in [5.74, 6) is -1.41. The molecular formula is C14H17Cl2NO4. The second-order valence-corrected chi connectivity index (χ2v) is 6.40. The fourth-order valence-corrected chi connectivity index (χ4v) is 2.39. The van der Waals surface area contributed by atoms with Crippen molar-refractivity contribution in [3.05, 3.63) is 27.7 Å². The van der Waals surface area contributed by atoms with Crippen molar-refractivity contribution in [3.8, 4) is 5.75 Å². The molecule has 21 heavy (non-hydrogen) atoms. The number of amides is 1. The van der Waals surface area contributed by atoms with Crippen LogP contribution in [0.4, 0.5) is 0 Å². The predicted molar refractivity (Wildman–Crippen MR) is 81.4 cm³/mol. The molecule has 0 heterocycles. The van der Waals surface area contributed by atoms with Gasteiger partial charge in [-0.3, -0.25) is 4.79 Å². The predicted octanol–water partition coefficient (Wildman–Crippen LogP) is 3.23. The highest BCUT2D eigenvalue weighted by Gasteiger charge is 2.33. The molecule has 0 aliphatic rings. The van der Waals surface area contributed by atoms with Gasteiger partial charge in [0.15, 0.2) is 5.75 Å². The van der Waals surface area contributed by atoms with Crippen LogP contribution in [-0.2, 0) is 4.79 Å². The fourth-order valence-electron chi connectivity index (χ4n) is 1.75. The van der Waals surface area contributed by atoms with E-state index in [0.29, 0.717) is 0 Å². The molecule has 0 bridgehead atoms. The highest BCUT2D eigenvalue weighted by molar-refractivity contribution is 6.37. The third-order valence-corrected chi connectivity index (χ3v) is 3.41. The summed E-state index contributed by atoms with van der Waals surface area (Å²) in [4.78, 5) is 23.4. The van der Waals surface area contributed by atoms with Gasteiger partial charge in [-0.05, 0) is 17.5 Å². The third kappa shape index (κ3) is 4.25. The zero-order chi connectivity index (χ0) is 16.4. The lowest BCUT2D eigenvalue weighted by Crippen LogP contribution is -2.49. The van der Waals surface area contributed by atoms with E-state index in [1.54, 1.807) is 20.8 Å². The van der Waals surface area contributed by atoms with Crippen LogP contribution >= 0.6 is 23.2 Å². The van der Waals surface area contributed by atoms with Crippen LogP contribution in [-0.4, -0.2) is 30.1 Å². The highest BCUT2D eigenvalue weighted by atomic mass is 35.5. The molecule has 0 spiro atoms. The number of hydrogen-bond acceptors (Lipinski definition) is 3. The molecule has 1 amide bonds. The van der Waals surface area contributed by atoms with Crippen LogP contribution in [0.15, 0.2) is 12.1 Å². The zero-order valence-corrected chi connectivity index (χ0v) is 13.7. The highest BCUT2D eigenvalue weighted by Crippen LogP contribution is 2.34. The Morgan fingerprint density at radius 3 is 2.05 bits per heavy atom. The van der Waals surface area contributed by atoms with Gasteiger partial charge in [0.2, 0.25) is 0 Å². The van der Waals surface area contributed by atoms with E-state index in [-0.39, 0.29) is 21.4 Å². The summed E-state index contributed by atoms with van der Waals surface area (Å²) in [6.45, 7) is 5.17. The summed E-state index contributed by atoms with van der Waals surface area (Å²) >= 11 is 11.9. The second kappa shape index (κ2) is 6.54. The summed E-state index contributed by atoms with van der Waals surface area (Å²) in [6.07, 6.45) is 0. The van der Waals surface area contributed by atoms with E-state index in [0.717, 1.165) is 0 Å². The number of carbonyl (C=O) groups excluding carboxylic acids is 1. The van der Waals surface area contributed by atoms with Crippen LogP contribution in [0.5, 0.6) is 5.75 Å². The molecule has 1 aromatic rings. The van der Waals surface area contributed by atoms with Crippen molar-refractivity contribution in [1.29, 1.82) is 0 Å². The van der Waals surface area contributed by atoms with Crippen LogP contribution < -0.4 is 10.1 Å². The van der Waals surface area contributed by atoms with E-state index in [2.05, 4.69) is 5.32 Å². The SMILES string of the molecule is COc1c(Cl)cc(C(=O)N[C@@H](C(=O)O)C(C)(C)C)cc1Cl. The average Bonchev–Trinajstić information content (AvgIpc) is 2.33. The van der Waals surface area contributed by atoms with Gasteiger partial charge in [-0.25, -0.2) is 4.79 Å². The smallest absolute Gasteiger partial charge is 0.326 e. The topological polar surface area (TPSA) is 75.6 Å². The zero-order valence-electron chi connectivity index (χ0n) is 12.2. The first-order valence-corrected chi connectivity index (χ1v) is 6.90. The van der Waals surface area contributed by atoms with E-state index in [1.165, 1.54) is 19.2 Å². The molecule has 1 rings (SSSR count). The van der Waals surface area contributed by atoms with Gasteiger partial charge in [0.25, 0.3) is 5.91 Å². The van der Waals surface area contributed by atoms with Crippen molar-refractivity contribution in [2.75, 3.05) is 7.11 Å². The minimum atomic E-state index is -1.11. The average molecular weight is 334 g/mol. The minimum absolute atomic E-state index is 0.168. The number of carboxylic acid groups (broad SMARTS) is 1. The van der Waals surface area contributed by atoms with Crippen LogP contribution in [0.25, 0.3) is 0 Å². The van der Waals surface area contributed by atoms with Crippen molar-refractivity contribution in [2.45, 2.75) is 26.8 Å². The van der Waals surface area contributed by atoms with Gasteiger partial charge < -0.3 is 15.2 Å². The third-order valence-electron chi connectivity index (χ3n) is 2.85. The normalized spacial score (nSPS) is 12.7. The lowest BCUT2D eigenvalue weighted by Gasteiger charge is -2.27. The van der Waals surface area contributed by atoms with E-state index in [1.807, 2.05) is 0 Å². The van der Waals surface area contributed by atoms with E-state index in [4.69, 9.17) is 27.9 Å². The van der Waals surface area contributed by atoms with Crippen LogP contribution in [0.2, 0.25) is 10.0 Å². The van der Waals surface area contributed by atoms with Gasteiger partial charge in [0.1, 0.15) is 6.04 Å². The van der Waals surface area contributed by atoms with Crippen LogP contribution in [0.1, 0.15) is 31.1 Å². The molecule has 0 saturated heterocycles. The number of halogens is 2. The lowest BCUT2D eigenvalue weighted by atomic mass is 9.86. The standard InChI is InChI=1S/C14H17Cl2NO4/c1-14(2,3)11(13(19)20)17-12(18)7-5-8(15)10(21-4)9(16)6-7/h5-6,11H,1-4H3,(H,17,18)(H,19,20)/t11-/m0/s1. The lowest BCUT2D eigenvalue weighted by molar-refractivity contribution is -0.142. The number of carboxylic acids is 1. The molecular weight excluding hydrogens is 317 g/mol. The largest absolute Gasteiger partial charge is 0.494 e. The second-order valence-electron chi connectivity index (χ2n) is 5.58. The Morgan fingerprint density at radius 2 is 1.71 bits per heavy atom. The summed E-state index contributed by atoms with van der Waals surface area (Å²) in [7, 11) is 1.41. The van der Waals surface area contributed by atoms with E-state index >= 15 is 0 Å². The molecule has 5 nitrogen and oxygen atoms in total. The summed E-state index contributed by atoms with van der Waals surface area (Å²) in [6, 6.07) is 1.72. The number of aliphatic carboxylic acids is 1. The minimum Gasteiger partial charge on any atom is -0.494 e. The number of carbonyl (C=O) groups is 2. The maximum Gasteiger partial charge on any atom is 0.326 e. The number of methoxy groups -OCH3 is 1. The van der Waals surface area contributed by atoms with Gasteiger partial charge >= 0.3 is 5.97 Å². The molecule has 0 fully saturated rings. The Bertz CT molecular complexity index is 544. The quantitative estimate of drug-likeness (QED) is 0.886. The fraction of sp³-hybridized carbons (Fsp3) is 0.429. The van der Waals surface area contributed by atoms with Crippen molar-refractivity contribution in [2.24, 2.45) is 5.41 Å². The number of rotatable bonds is 4. The Morgan fingerprint density at radius 1 is 1.24 bits per heavy atom. The first-order chi connectivity index (χ1) is 9.57. The number of ether oxygens (including phenoxy) is 1. The molecule has 7 heteroatoms. The molecule has 0 saturated carbocycles. The Labute approximate surface area is 133 Å². The van der Waals surface area contributed by atoms with Gasteiger partial charge in [0, 0.05) is 5.56 Å². The maximum atomic E-state index is 12.2. The summed E-state index contributed by atoms with van der Waals surface area (Å²) in [5.41, 5.74) is -0.469. The van der Waals surface area contributed by atoms with Gasteiger partial charge in [0.05, 0.1) is 17.2 Å². The maximum absolute atomic E-state index is 12.2. The van der Waals surface area contributed by atoms with Gasteiger partial charge in [-0.15, -0.1) is 0 Å². The van der Waals surface area contributed by atoms with Crippen LogP contribution in [0.3, 0.4) is 0 Å². The van der Waals surface area contributed by atoms with Crippen LogP contribution in [0, 0.1) is 5.41 Å². The van der Waals surface area contributed by atoms with Crippen molar-refractivity contribution in [3.63, 3.8) is 0 Å². The van der Waals surface area contributed by atoms with Gasteiger partial charge in [-0.1, -0.05) is 44.0 Å². The molecule has 1 aromatic carbocycles. The van der Waals surface area contributed by atoms with Crippen molar-refractivity contribution >= 4 is 35.1 Å². The van der Waals surface area contributed by atoms with E-state index < -0.39 is 23.3 Å². The van der Waals surface area contributed by atoms with Gasteiger partial charge in [-0.2, -0.15) is 0 Å². The van der Waals surface area contributed by atoms with Crippen molar-refractivity contribution in [1.82, 2.24) is 5.32 Å². The number of benzene rings is 1. The molecule has 0 aliphatic heterocycles.